The minimum Gasteiger partial charge on any atom is -0.304 e. The molecule has 0 spiro atoms. The quantitative estimate of drug-likeness (QED) is 0.727. The van der Waals surface area contributed by atoms with E-state index in [9.17, 15) is 4.79 Å². The fraction of sp³-hybridized carbons (Fsp3) is 0.933. The van der Waals surface area contributed by atoms with Crippen LogP contribution in [0.3, 0.4) is 0 Å². The minimum absolute atomic E-state index is 0.285. The molecular formula is C15H30N2O. The molecule has 3 nitrogen and oxygen atoms in total. The van der Waals surface area contributed by atoms with Crippen molar-refractivity contribution in [1.29, 1.82) is 0 Å². The van der Waals surface area contributed by atoms with Crippen molar-refractivity contribution in [1.82, 2.24) is 9.80 Å². The molecule has 1 aliphatic rings. The molecule has 0 aromatic rings. The largest absolute Gasteiger partial charge is 0.304 e. The first-order valence-corrected chi connectivity index (χ1v) is 7.29. The number of hydrogen-bond acceptors (Lipinski definition) is 3. The van der Waals surface area contributed by atoms with Crippen molar-refractivity contribution in [2.75, 3.05) is 39.8 Å². The van der Waals surface area contributed by atoms with Gasteiger partial charge in [0.2, 0.25) is 0 Å². The van der Waals surface area contributed by atoms with Crippen LogP contribution in [0.25, 0.3) is 0 Å². The number of Topliss-reactive ketones (excluding diaryl/α,β-unsaturated/α-hetero) is 1. The Morgan fingerprint density at radius 1 is 1.06 bits per heavy atom. The van der Waals surface area contributed by atoms with Crippen LogP contribution in [0.4, 0.5) is 0 Å². The van der Waals surface area contributed by atoms with Gasteiger partial charge in [0.15, 0.2) is 0 Å². The molecular weight excluding hydrogens is 224 g/mol. The van der Waals surface area contributed by atoms with E-state index in [1.165, 1.54) is 0 Å². The lowest BCUT2D eigenvalue weighted by Gasteiger charge is -2.32. The summed E-state index contributed by atoms with van der Waals surface area (Å²) in [6.45, 7) is 12.3. The molecule has 3 heteroatoms. The van der Waals surface area contributed by atoms with Crippen molar-refractivity contribution in [3.8, 4) is 0 Å². The summed E-state index contributed by atoms with van der Waals surface area (Å²) >= 11 is 0. The van der Waals surface area contributed by atoms with E-state index in [1.807, 2.05) is 0 Å². The van der Waals surface area contributed by atoms with Gasteiger partial charge in [0, 0.05) is 39.0 Å². The van der Waals surface area contributed by atoms with Crippen LogP contribution in [0.5, 0.6) is 0 Å². The zero-order chi connectivity index (χ0) is 13.6. The number of carbonyl (C=O) groups excluding carboxylic acids is 1. The van der Waals surface area contributed by atoms with Crippen LogP contribution in [0.2, 0.25) is 0 Å². The summed E-state index contributed by atoms with van der Waals surface area (Å²) in [5.74, 6) is 0.444. The van der Waals surface area contributed by atoms with Crippen molar-refractivity contribution >= 4 is 5.78 Å². The first-order chi connectivity index (χ1) is 8.37. The average Bonchev–Trinajstić information content (AvgIpc) is 2.28. The van der Waals surface area contributed by atoms with Gasteiger partial charge in [0.25, 0.3) is 0 Å². The van der Waals surface area contributed by atoms with Crippen molar-refractivity contribution in [3.05, 3.63) is 0 Å². The van der Waals surface area contributed by atoms with Crippen LogP contribution in [0.1, 0.15) is 46.5 Å². The predicted molar refractivity (Wildman–Crippen MR) is 76.9 cm³/mol. The number of likely N-dealkylation sites (N-methyl/N-ethyl adjacent to an activating group) is 1. The first kappa shape index (κ1) is 15.6. The zero-order valence-corrected chi connectivity index (χ0v) is 12.7. The van der Waals surface area contributed by atoms with Gasteiger partial charge < -0.3 is 9.80 Å². The molecule has 18 heavy (non-hydrogen) atoms. The SMILES string of the molecule is CN1CCN(CCCC(=O)CCC(C)(C)C)CC1. The van der Waals surface area contributed by atoms with Crippen LogP contribution in [0, 0.1) is 5.41 Å². The number of piperazine rings is 1. The molecule has 0 unspecified atom stereocenters. The first-order valence-electron chi connectivity index (χ1n) is 7.29. The Hall–Kier alpha value is -0.410. The van der Waals surface area contributed by atoms with E-state index in [0.29, 0.717) is 5.78 Å². The monoisotopic (exact) mass is 254 g/mol. The lowest BCUT2D eigenvalue weighted by atomic mass is 9.89. The maximum absolute atomic E-state index is 11.8. The number of nitrogens with zero attached hydrogens (tertiary/aromatic N) is 2. The van der Waals surface area contributed by atoms with E-state index >= 15 is 0 Å². The Morgan fingerprint density at radius 3 is 2.22 bits per heavy atom. The average molecular weight is 254 g/mol. The summed E-state index contributed by atoms with van der Waals surface area (Å²) < 4.78 is 0. The van der Waals surface area contributed by atoms with Gasteiger partial charge in [0.1, 0.15) is 5.78 Å². The van der Waals surface area contributed by atoms with E-state index in [2.05, 4.69) is 37.6 Å². The highest BCUT2D eigenvalue weighted by Gasteiger charge is 2.15. The molecule has 0 radical (unpaired) electrons. The van der Waals surface area contributed by atoms with Gasteiger partial charge >= 0.3 is 0 Å². The second-order valence-corrected chi connectivity index (χ2v) is 6.85. The molecule has 0 aliphatic carbocycles. The van der Waals surface area contributed by atoms with Gasteiger partial charge in [-0.2, -0.15) is 0 Å². The second-order valence-electron chi connectivity index (χ2n) is 6.85. The Kier molecular flexibility index (Phi) is 6.30. The van der Waals surface area contributed by atoms with Crippen LogP contribution >= 0.6 is 0 Å². The topological polar surface area (TPSA) is 23.6 Å². The van der Waals surface area contributed by atoms with E-state index in [-0.39, 0.29) is 5.41 Å². The van der Waals surface area contributed by atoms with Crippen molar-refractivity contribution in [3.63, 3.8) is 0 Å². The fourth-order valence-corrected chi connectivity index (χ4v) is 2.21. The van der Waals surface area contributed by atoms with Crippen molar-refractivity contribution in [2.45, 2.75) is 46.5 Å². The highest BCUT2D eigenvalue weighted by molar-refractivity contribution is 5.78. The summed E-state index contributed by atoms with van der Waals surface area (Å²) in [7, 11) is 2.17. The summed E-state index contributed by atoms with van der Waals surface area (Å²) in [6, 6.07) is 0. The molecule has 0 saturated carbocycles. The van der Waals surface area contributed by atoms with Crippen molar-refractivity contribution < 1.29 is 4.79 Å². The molecule has 0 amide bonds. The molecule has 0 aromatic heterocycles. The molecule has 1 aliphatic heterocycles. The van der Waals surface area contributed by atoms with E-state index in [4.69, 9.17) is 0 Å². The van der Waals surface area contributed by atoms with Crippen LogP contribution in [0.15, 0.2) is 0 Å². The molecule has 0 N–H and O–H groups in total. The van der Waals surface area contributed by atoms with E-state index in [1.54, 1.807) is 0 Å². The number of carbonyl (C=O) groups is 1. The summed E-state index contributed by atoms with van der Waals surface area (Å²) in [5, 5.41) is 0. The molecule has 0 bridgehead atoms. The Labute approximate surface area is 113 Å². The Bertz CT molecular complexity index is 250. The highest BCUT2D eigenvalue weighted by atomic mass is 16.1. The lowest BCUT2D eigenvalue weighted by molar-refractivity contribution is -0.119. The normalized spacial score (nSPS) is 19.1. The standard InChI is InChI=1S/C15H30N2O/c1-15(2,3)8-7-14(18)6-5-9-17-12-10-16(4)11-13-17/h5-13H2,1-4H3. The predicted octanol–water partition coefficient (Wildman–Crippen LogP) is 2.41. The molecule has 1 heterocycles. The lowest BCUT2D eigenvalue weighted by Crippen LogP contribution is -2.44. The van der Waals surface area contributed by atoms with Gasteiger partial charge in [-0.25, -0.2) is 0 Å². The van der Waals surface area contributed by atoms with Gasteiger partial charge in [0.05, 0.1) is 0 Å². The highest BCUT2D eigenvalue weighted by Crippen LogP contribution is 2.21. The number of rotatable bonds is 6. The maximum atomic E-state index is 11.8. The molecule has 1 fully saturated rings. The maximum Gasteiger partial charge on any atom is 0.132 e. The summed E-state index contributed by atoms with van der Waals surface area (Å²) in [6.07, 6.45) is 3.57. The molecule has 0 aromatic carbocycles. The van der Waals surface area contributed by atoms with E-state index < -0.39 is 0 Å². The minimum atomic E-state index is 0.285. The van der Waals surface area contributed by atoms with Crippen LogP contribution in [-0.4, -0.2) is 55.4 Å². The Balaban J connectivity index is 2.05. The molecule has 0 atom stereocenters. The third kappa shape index (κ3) is 7.12. The summed E-state index contributed by atoms with van der Waals surface area (Å²) in [4.78, 5) is 16.6. The Morgan fingerprint density at radius 2 is 1.67 bits per heavy atom. The zero-order valence-electron chi connectivity index (χ0n) is 12.7. The molecule has 1 saturated heterocycles. The van der Waals surface area contributed by atoms with E-state index in [0.717, 1.165) is 58.4 Å². The van der Waals surface area contributed by atoms with Gasteiger partial charge in [-0.15, -0.1) is 0 Å². The summed E-state index contributed by atoms with van der Waals surface area (Å²) in [5.41, 5.74) is 0.285. The van der Waals surface area contributed by atoms with Gasteiger partial charge in [-0.3, -0.25) is 4.79 Å². The third-order valence-corrected chi connectivity index (χ3v) is 3.68. The van der Waals surface area contributed by atoms with Crippen LogP contribution < -0.4 is 0 Å². The van der Waals surface area contributed by atoms with Crippen LogP contribution in [-0.2, 0) is 4.79 Å². The van der Waals surface area contributed by atoms with Crippen molar-refractivity contribution in [2.24, 2.45) is 5.41 Å². The second kappa shape index (κ2) is 7.25. The fourth-order valence-electron chi connectivity index (χ4n) is 2.21. The molecule has 106 valence electrons. The molecule has 1 rings (SSSR count). The number of ketones is 1. The smallest absolute Gasteiger partial charge is 0.132 e. The number of hydrogen-bond donors (Lipinski definition) is 0. The van der Waals surface area contributed by atoms with Gasteiger partial charge in [-0.1, -0.05) is 20.8 Å². The third-order valence-electron chi connectivity index (χ3n) is 3.68. The van der Waals surface area contributed by atoms with Gasteiger partial charge in [-0.05, 0) is 31.8 Å².